The number of nitrogens with one attached hydrogen (secondary N) is 2. The Labute approximate surface area is 239 Å². The van der Waals surface area contributed by atoms with Gasteiger partial charge in [0.2, 0.25) is 11.8 Å². The number of aromatic nitrogens is 3. The zero-order chi connectivity index (χ0) is 29.1. The second kappa shape index (κ2) is 11.7. The molecule has 0 aliphatic carbocycles. The first kappa shape index (κ1) is 27.7. The molecule has 41 heavy (non-hydrogen) atoms. The molecule has 1 aliphatic heterocycles. The summed E-state index contributed by atoms with van der Waals surface area (Å²) in [6.45, 7) is 6.60. The third-order valence-corrected chi connectivity index (χ3v) is 7.71. The molecular formula is C31H35N7O3. The summed E-state index contributed by atoms with van der Waals surface area (Å²) in [5.41, 5.74) is 4.96. The van der Waals surface area contributed by atoms with E-state index < -0.39 is 0 Å². The normalized spacial score (nSPS) is 13.6. The fourth-order valence-corrected chi connectivity index (χ4v) is 5.34. The first-order chi connectivity index (χ1) is 19.8. The average Bonchev–Trinajstić information content (AvgIpc) is 3.36. The Hall–Kier alpha value is -4.86. The van der Waals surface area contributed by atoms with E-state index in [-0.39, 0.29) is 17.9 Å². The van der Waals surface area contributed by atoms with Crippen LogP contribution in [0.3, 0.4) is 0 Å². The molecule has 2 aromatic carbocycles. The lowest BCUT2D eigenvalue weighted by molar-refractivity contribution is -0.129. The molecule has 0 radical (unpaired) electrons. The molecule has 1 aliphatic rings. The number of amides is 2. The molecule has 10 heteroatoms. The molecular weight excluding hydrogens is 518 g/mol. The summed E-state index contributed by atoms with van der Waals surface area (Å²) in [5.74, 6) is 0.953. The predicted molar refractivity (Wildman–Crippen MR) is 163 cm³/mol. The highest BCUT2D eigenvalue weighted by Gasteiger charge is 2.26. The SMILES string of the molecule is C=CC(=O)Nc1cc(Nc2cc(-c3ccc4c(ccn4C)c3)ncn2)c(OC)cc1N(C)C1CCN(C(C)=O)CC1. The van der Waals surface area contributed by atoms with Gasteiger partial charge < -0.3 is 29.7 Å². The monoisotopic (exact) mass is 553 g/mol. The maximum Gasteiger partial charge on any atom is 0.247 e. The van der Waals surface area contributed by atoms with Gasteiger partial charge in [-0.2, -0.15) is 0 Å². The molecule has 2 N–H and O–H groups in total. The van der Waals surface area contributed by atoms with Crippen molar-refractivity contribution in [3.8, 4) is 17.0 Å². The van der Waals surface area contributed by atoms with Crippen LogP contribution in [0, 0.1) is 0 Å². The first-order valence-electron chi connectivity index (χ1n) is 13.6. The second-order valence-electron chi connectivity index (χ2n) is 10.2. The molecule has 4 aromatic rings. The highest BCUT2D eigenvalue weighted by atomic mass is 16.5. The van der Waals surface area contributed by atoms with Gasteiger partial charge in [0, 0.05) is 74.9 Å². The van der Waals surface area contributed by atoms with E-state index in [4.69, 9.17) is 4.74 Å². The molecule has 5 rings (SSSR count). The first-order valence-corrected chi connectivity index (χ1v) is 13.6. The van der Waals surface area contributed by atoms with Gasteiger partial charge in [-0.25, -0.2) is 9.97 Å². The van der Waals surface area contributed by atoms with E-state index in [1.54, 1.807) is 14.0 Å². The summed E-state index contributed by atoms with van der Waals surface area (Å²) in [4.78, 5) is 37.1. The molecule has 1 saturated heterocycles. The minimum atomic E-state index is -0.317. The van der Waals surface area contributed by atoms with E-state index in [1.165, 1.54) is 12.4 Å². The number of fused-ring (bicyclic) bond motifs is 1. The summed E-state index contributed by atoms with van der Waals surface area (Å²) in [7, 11) is 5.63. The topological polar surface area (TPSA) is 105 Å². The van der Waals surface area contributed by atoms with Gasteiger partial charge in [-0.3, -0.25) is 9.59 Å². The van der Waals surface area contributed by atoms with Crippen molar-refractivity contribution in [2.45, 2.75) is 25.8 Å². The van der Waals surface area contributed by atoms with E-state index >= 15 is 0 Å². The summed E-state index contributed by atoms with van der Waals surface area (Å²) in [6.07, 6.45) is 6.45. The van der Waals surface area contributed by atoms with Crippen LogP contribution in [-0.4, -0.2) is 64.5 Å². The predicted octanol–water partition coefficient (Wildman–Crippen LogP) is 4.96. The number of hydrogen-bond donors (Lipinski definition) is 2. The van der Waals surface area contributed by atoms with Gasteiger partial charge >= 0.3 is 0 Å². The number of methoxy groups -OCH3 is 1. The summed E-state index contributed by atoms with van der Waals surface area (Å²) in [5, 5.41) is 7.43. The fraction of sp³-hybridized carbons (Fsp3) is 0.290. The van der Waals surface area contributed by atoms with Crippen LogP contribution in [0.25, 0.3) is 22.2 Å². The minimum Gasteiger partial charge on any atom is -0.494 e. The Kier molecular flexibility index (Phi) is 7.91. The van der Waals surface area contributed by atoms with Crippen LogP contribution in [0.1, 0.15) is 19.8 Å². The maximum atomic E-state index is 12.4. The van der Waals surface area contributed by atoms with Gasteiger partial charge in [0.15, 0.2) is 0 Å². The number of ether oxygens (including phenoxy) is 1. The number of rotatable bonds is 8. The average molecular weight is 554 g/mol. The van der Waals surface area contributed by atoms with Gasteiger partial charge in [-0.1, -0.05) is 12.6 Å². The summed E-state index contributed by atoms with van der Waals surface area (Å²) < 4.78 is 7.86. The number of carbonyl (C=O) groups excluding carboxylic acids is 2. The Balaban J connectivity index is 1.45. The van der Waals surface area contributed by atoms with Crippen LogP contribution in [0.4, 0.5) is 22.9 Å². The molecule has 3 heterocycles. The fourth-order valence-electron chi connectivity index (χ4n) is 5.34. The van der Waals surface area contributed by atoms with Crippen LogP contribution in [-0.2, 0) is 16.6 Å². The molecule has 0 unspecified atom stereocenters. The van der Waals surface area contributed by atoms with Crippen molar-refractivity contribution in [3.05, 3.63) is 67.6 Å². The summed E-state index contributed by atoms with van der Waals surface area (Å²) in [6, 6.07) is 14.1. The van der Waals surface area contributed by atoms with E-state index in [2.05, 4.69) is 54.8 Å². The lowest BCUT2D eigenvalue weighted by Gasteiger charge is -2.38. The molecule has 0 spiro atoms. The highest BCUT2D eigenvalue weighted by molar-refractivity contribution is 6.02. The van der Waals surface area contributed by atoms with E-state index in [9.17, 15) is 9.59 Å². The van der Waals surface area contributed by atoms with Crippen molar-refractivity contribution in [1.82, 2.24) is 19.4 Å². The Morgan fingerprint density at radius 1 is 1.10 bits per heavy atom. The number of benzene rings is 2. The number of hydrogen-bond acceptors (Lipinski definition) is 7. The lowest BCUT2D eigenvalue weighted by Crippen LogP contribution is -2.45. The van der Waals surface area contributed by atoms with Crippen molar-refractivity contribution in [2.24, 2.45) is 7.05 Å². The van der Waals surface area contributed by atoms with Crippen molar-refractivity contribution < 1.29 is 14.3 Å². The third-order valence-electron chi connectivity index (χ3n) is 7.71. The van der Waals surface area contributed by atoms with Crippen molar-refractivity contribution in [1.29, 1.82) is 0 Å². The van der Waals surface area contributed by atoms with Gasteiger partial charge in [-0.05, 0) is 43.2 Å². The number of piperidine rings is 1. The molecule has 2 aromatic heterocycles. The van der Waals surface area contributed by atoms with Crippen molar-refractivity contribution in [2.75, 3.05) is 42.8 Å². The molecule has 10 nitrogen and oxygen atoms in total. The van der Waals surface area contributed by atoms with Crippen LogP contribution in [0.5, 0.6) is 5.75 Å². The molecule has 212 valence electrons. The third kappa shape index (κ3) is 5.86. The van der Waals surface area contributed by atoms with E-state index in [0.717, 1.165) is 40.7 Å². The Morgan fingerprint density at radius 2 is 1.88 bits per heavy atom. The largest absolute Gasteiger partial charge is 0.494 e. The second-order valence-corrected chi connectivity index (χ2v) is 10.2. The zero-order valence-electron chi connectivity index (χ0n) is 23.8. The van der Waals surface area contributed by atoms with Crippen LogP contribution < -0.4 is 20.3 Å². The molecule has 0 saturated carbocycles. The van der Waals surface area contributed by atoms with E-state index in [1.807, 2.05) is 49.5 Å². The number of aryl methyl sites for hydroxylation is 1. The number of anilines is 4. The minimum absolute atomic E-state index is 0.0932. The van der Waals surface area contributed by atoms with Crippen LogP contribution >= 0.6 is 0 Å². The maximum absolute atomic E-state index is 12.4. The van der Waals surface area contributed by atoms with Crippen molar-refractivity contribution in [3.63, 3.8) is 0 Å². The highest BCUT2D eigenvalue weighted by Crippen LogP contribution is 2.40. The molecule has 2 amide bonds. The van der Waals surface area contributed by atoms with Gasteiger partial charge in [0.1, 0.15) is 17.9 Å². The van der Waals surface area contributed by atoms with Crippen LogP contribution in [0.2, 0.25) is 0 Å². The zero-order valence-corrected chi connectivity index (χ0v) is 23.8. The number of nitrogens with zero attached hydrogens (tertiary/aromatic N) is 5. The van der Waals surface area contributed by atoms with Gasteiger partial charge in [-0.15, -0.1) is 0 Å². The van der Waals surface area contributed by atoms with Crippen LogP contribution in [0.15, 0.2) is 67.6 Å². The lowest BCUT2D eigenvalue weighted by atomic mass is 10.0. The van der Waals surface area contributed by atoms with E-state index in [0.29, 0.717) is 36.0 Å². The Morgan fingerprint density at radius 3 is 2.59 bits per heavy atom. The smallest absolute Gasteiger partial charge is 0.247 e. The molecule has 0 atom stereocenters. The molecule has 1 fully saturated rings. The standard InChI is InChI=1S/C31H35N7O3/c1-6-31(40)35-25-16-26(29(41-5)18-28(25)37(4)23-10-13-38(14-11-23)20(2)39)34-30-17-24(32-19-33-30)21-7-8-27-22(15-21)9-12-36(27)3/h6-9,12,15-19,23H,1,10-11,13-14H2,2-5H3,(H,35,40)(H,32,33,34). The number of likely N-dealkylation sites (tertiary alicyclic amines) is 1. The summed E-state index contributed by atoms with van der Waals surface area (Å²) >= 11 is 0. The number of carbonyl (C=O) groups is 2. The van der Waals surface area contributed by atoms with Crippen molar-refractivity contribution >= 4 is 45.6 Å². The molecule has 0 bridgehead atoms. The Bertz CT molecular complexity index is 1600. The quantitative estimate of drug-likeness (QED) is 0.297. The van der Waals surface area contributed by atoms with Gasteiger partial charge in [0.25, 0.3) is 0 Å². The van der Waals surface area contributed by atoms with Gasteiger partial charge in [0.05, 0.1) is 29.9 Å².